The second kappa shape index (κ2) is 10.9. The number of carbonyl (C=O) groups excluding carboxylic acids is 1. The number of ether oxygens (including phenoxy) is 2. The van der Waals surface area contributed by atoms with Gasteiger partial charge in [0.05, 0.1) is 37.6 Å². The summed E-state index contributed by atoms with van der Waals surface area (Å²) < 4.78 is 12.8. The summed E-state index contributed by atoms with van der Waals surface area (Å²) in [5.74, 6) is -0.0297. The zero-order chi connectivity index (χ0) is 24.8. The number of benzene rings is 2. The third-order valence-electron chi connectivity index (χ3n) is 5.42. The minimum absolute atomic E-state index is 0.157. The van der Waals surface area contributed by atoms with Crippen LogP contribution in [0.15, 0.2) is 48.5 Å². The molecule has 0 saturated carbocycles. The second-order valence-electron chi connectivity index (χ2n) is 8.60. The summed E-state index contributed by atoms with van der Waals surface area (Å²) in [6.07, 6.45) is 0.389. The Bertz CT molecular complexity index is 1130. The van der Waals surface area contributed by atoms with E-state index in [1.54, 1.807) is 25.0 Å². The number of carbonyl (C=O) groups is 2. The molecule has 0 fully saturated rings. The third kappa shape index (κ3) is 5.75. The highest BCUT2D eigenvalue weighted by atomic mass is 16.5. The monoisotopic (exact) mass is 465 g/mol. The molecule has 0 aliphatic rings. The number of hydrogen-bond acceptors (Lipinski definition) is 5. The van der Waals surface area contributed by atoms with Crippen LogP contribution in [-0.4, -0.2) is 47.0 Å². The van der Waals surface area contributed by atoms with E-state index in [2.05, 4.69) is 10.4 Å². The molecule has 0 spiro atoms. The van der Waals surface area contributed by atoms with Crippen LogP contribution in [0.3, 0.4) is 0 Å². The fraction of sp³-hybridized carbons (Fsp3) is 0.346. The van der Waals surface area contributed by atoms with Gasteiger partial charge in [-0.25, -0.2) is 4.68 Å². The van der Waals surface area contributed by atoms with E-state index >= 15 is 0 Å². The molecule has 2 N–H and O–H groups in total. The zero-order valence-electron chi connectivity index (χ0n) is 20.2. The Balaban J connectivity index is 2.10. The molecule has 1 amide bonds. The maximum absolute atomic E-state index is 13.2. The van der Waals surface area contributed by atoms with Crippen molar-refractivity contribution in [3.63, 3.8) is 0 Å². The average Bonchev–Trinajstić information content (AvgIpc) is 3.23. The van der Waals surface area contributed by atoms with Gasteiger partial charge in [0.2, 0.25) is 0 Å². The SMILES string of the molecule is COc1cccc(OC)c1-c1cc(C(=O)N[C@@H](CC(=O)O)CC(C)C)nn1-c1ccc(C)cc1. The molecule has 2 aromatic carbocycles. The van der Waals surface area contributed by atoms with E-state index in [0.29, 0.717) is 29.2 Å². The van der Waals surface area contributed by atoms with Crippen molar-refractivity contribution in [2.75, 3.05) is 14.2 Å². The van der Waals surface area contributed by atoms with Gasteiger partial charge in [0, 0.05) is 6.04 Å². The first kappa shape index (κ1) is 24.8. The molecule has 0 radical (unpaired) electrons. The lowest BCUT2D eigenvalue weighted by Crippen LogP contribution is -2.37. The molecule has 8 nitrogen and oxygen atoms in total. The van der Waals surface area contributed by atoms with Crippen LogP contribution in [0, 0.1) is 12.8 Å². The fourth-order valence-electron chi connectivity index (χ4n) is 3.89. The van der Waals surface area contributed by atoms with Crippen molar-refractivity contribution in [3.8, 4) is 28.4 Å². The Labute approximate surface area is 199 Å². The van der Waals surface area contributed by atoms with E-state index in [0.717, 1.165) is 11.3 Å². The molecule has 0 saturated heterocycles. The number of carboxylic acids is 1. The van der Waals surface area contributed by atoms with Gasteiger partial charge in [-0.05, 0) is 49.6 Å². The van der Waals surface area contributed by atoms with Gasteiger partial charge >= 0.3 is 5.97 Å². The number of aliphatic carboxylic acids is 1. The molecule has 1 aromatic heterocycles. The lowest BCUT2D eigenvalue weighted by molar-refractivity contribution is -0.137. The molecule has 0 aliphatic heterocycles. The highest BCUT2D eigenvalue weighted by molar-refractivity contribution is 5.94. The first-order valence-corrected chi connectivity index (χ1v) is 11.1. The van der Waals surface area contributed by atoms with E-state index in [4.69, 9.17) is 9.47 Å². The summed E-state index contributed by atoms with van der Waals surface area (Å²) in [5, 5.41) is 16.7. The van der Waals surface area contributed by atoms with E-state index in [-0.39, 0.29) is 18.0 Å². The smallest absolute Gasteiger partial charge is 0.305 e. The number of amides is 1. The summed E-state index contributed by atoms with van der Waals surface area (Å²) in [7, 11) is 3.14. The summed E-state index contributed by atoms with van der Waals surface area (Å²) >= 11 is 0. The van der Waals surface area contributed by atoms with Crippen LogP contribution in [0.1, 0.15) is 42.7 Å². The summed E-state index contributed by atoms with van der Waals surface area (Å²) in [6, 6.07) is 14.4. The van der Waals surface area contributed by atoms with Gasteiger partial charge in [-0.1, -0.05) is 37.6 Å². The Morgan fingerprint density at radius 2 is 1.68 bits per heavy atom. The highest BCUT2D eigenvalue weighted by Crippen LogP contribution is 2.39. The van der Waals surface area contributed by atoms with E-state index in [9.17, 15) is 14.7 Å². The molecule has 180 valence electrons. The van der Waals surface area contributed by atoms with Crippen LogP contribution in [0.5, 0.6) is 11.5 Å². The van der Waals surface area contributed by atoms with Crippen LogP contribution >= 0.6 is 0 Å². The van der Waals surface area contributed by atoms with Gasteiger partial charge in [-0.15, -0.1) is 0 Å². The predicted molar refractivity (Wildman–Crippen MR) is 130 cm³/mol. The topological polar surface area (TPSA) is 103 Å². The number of carboxylic acid groups (broad SMARTS) is 1. The number of nitrogens with zero attached hydrogens (tertiary/aromatic N) is 2. The Kier molecular flexibility index (Phi) is 7.94. The normalized spacial score (nSPS) is 11.8. The second-order valence-corrected chi connectivity index (χ2v) is 8.60. The lowest BCUT2D eigenvalue weighted by atomic mass is 10.0. The first-order valence-electron chi connectivity index (χ1n) is 11.1. The van der Waals surface area contributed by atoms with Crippen LogP contribution in [0.2, 0.25) is 0 Å². The number of aryl methyl sites for hydroxylation is 1. The lowest BCUT2D eigenvalue weighted by Gasteiger charge is -2.18. The van der Waals surface area contributed by atoms with E-state index < -0.39 is 17.9 Å². The average molecular weight is 466 g/mol. The van der Waals surface area contributed by atoms with Crippen molar-refractivity contribution in [1.82, 2.24) is 15.1 Å². The summed E-state index contributed by atoms with van der Waals surface area (Å²) in [4.78, 5) is 24.5. The maximum atomic E-state index is 13.2. The van der Waals surface area contributed by atoms with Crippen molar-refractivity contribution in [3.05, 3.63) is 59.8 Å². The van der Waals surface area contributed by atoms with Gasteiger partial charge in [-0.3, -0.25) is 9.59 Å². The molecule has 0 bridgehead atoms. The number of rotatable bonds is 10. The van der Waals surface area contributed by atoms with Crippen molar-refractivity contribution in [2.24, 2.45) is 5.92 Å². The van der Waals surface area contributed by atoms with Gasteiger partial charge < -0.3 is 19.9 Å². The van der Waals surface area contributed by atoms with E-state index in [1.807, 2.05) is 63.2 Å². The number of nitrogens with one attached hydrogen (secondary N) is 1. The number of hydrogen-bond donors (Lipinski definition) is 2. The molecule has 0 unspecified atom stereocenters. The quantitative estimate of drug-likeness (QED) is 0.458. The molecule has 3 aromatic rings. The fourth-order valence-corrected chi connectivity index (χ4v) is 3.89. The van der Waals surface area contributed by atoms with Crippen molar-refractivity contribution in [1.29, 1.82) is 0 Å². The number of methoxy groups -OCH3 is 2. The summed E-state index contributed by atoms with van der Waals surface area (Å²) in [5.41, 5.74) is 3.29. The Hall–Kier alpha value is -3.81. The van der Waals surface area contributed by atoms with E-state index in [1.165, 1.54) is 0 Å². The van der Waals surface area contributed by atoms with Crippen molar-refractivity contribution < 1.29 is 24.2 Å². The summed E-state index contributed by atoms with van der Waals surface area (Å²) in [6.45, 7) is 5.96. The van der Waals surface area contributed by atoms with Gasteiger partial charge in [0.15, 0.2) is 5.69 Å². The van der Waals surface area contributed by atoms with Crippen LogP contribution in [0.25, 0.3) is 16.9 Å². The van der Waals surface area contributed by atoms with Crippen LogP contribution in [0.4, 0.5) is 0 Å². The molecule has 8 heteroatoms. The van der Waals surface area contributed by atoms with Gasteiger partial charge in [-0.2, -0.15) is 5.10 Å². The molecule has 1 atom stereocenters. The molecule has 1 heterocycles. The van der Waals surface area contributed by atoms with Crippen LogP contribution < -0.4 is 14.8 Å². The number of aromatic nitrogens is 2. The third-order valence-corrected chi connectivity index (χ3v) is 5.42. The molecule has 0 aliphatic carbocycles. The molecule has 3 rings (SSSR count). The maximum Gasteiger partial charge on any atom is 0.305 e. The standard InChI is InChI=1S/C26H31N3O5/c1-16(2)13-18(14-24(30)31)27-26(32)20-15-21(25-22(33-4)7-6-8-23(25)34-5)29(28-20)19-11-9-17(3)10-12-19/h6-12,15-16,18H,13-14H2,1-5H3,(H,27,32)(H,30,31)/t18-/m1/s1. The molecular weight excluding hydrogens is 434 g/mol. The molecular formula is C26H31N3O5. The van der Waals surface area contributed by atoms with Gasteiger partial charge in [0.1, 0.15) is 11.5 Å². The predicted octanol–water partition coefficient (Wildman–Crippen LogP) is 4.48. The highest BCUT2D eigenvalue weighted by Gasteiger charge is 2.24. The van der Waals surface area contributed by atoms with Gasteiger partial charge in [0.25, 0.3) is 5.91 Å². The first-order chi connectivity index (χ1) is 16.2. The Morgan fingerprint density at radius 3 is 2.21 bits per heavy atom. The molecule has 34 heavy (non-hydrogen) atoms. The minimum atomic E-state index is -0.962. The van der Waals surface area contributed by atoms with Crippen molar-refractivity contribution in [2.45, 2.75) is 39.7 Å². The van der Waals surface area contributed by atoms with Crippen LogP contribution in [-0.2, 0) is 4.79 Å². The Morgan fingerprint density at radius 1 is 1.06 bits per heavy atom. The largest absolute Gasteiger partial charge is 0.496 e. The van der Waals surface area contributed by atoms with Crippen molar-refractivity contribution >= 4 is 11.9 Å². The zero-order valence-corrected chi connectivity index (χ0v) is 20.2. The minimum Gasteiger partial charge on any atom is -0.496 e.